The van der Waals surface area contributed by atoms with Crippen LogP contribution in [0.4, 0.5) is 0 Å². The Balaban J connectivity index is 1.38. The number of aliphatic carboxylic acids is 1. The summed E-state index contributed by atoms with van der Waals surface area (Å²) in [5, 5.41) is 16.2. The van der Waals surface area contributed by atoms with Crippen LogP contribution in [0, 0.1) is 16.7 Å². The number of benzene rings is 1. The molecular weight excluding hydrogens is 470 g/mol. The summed E-state index contributed by atoms with van der Waals surface area (Å²) in [7, 11) is 1.60. The summed E-state index contributed by atoms with van der Waals surface area (Å²) in [6.45, 7) is 2.32. The number of thioether (sulfide) groups is 1. The minimum atomic E-state index is -0.754. The predicted molar refractivity (Wildman–Crippen MR) is 137 cm³/mol. The number of methoxy groups -OCH3 is 1. The topological polar surface area (TPSA) is 92.1 Å². The van der Waals surface area contributed by atoms with Gasteiger partial charge in [0.2, 0.25) is 0 Å². The van der Waals surface area contributed by atoms with Gasteiger partial charge in [-0.1, -0.05) is 11.2 Å². The van der Waals surface area contributed by atoms with E-state index in [1.165, 1.54) is 4.21 Å². The normalized spacial score (nSPS) is 19.7. The molecular formula is C25H29N3O4S2. The molecule has 9 heteroatoms. The van der Waals surface area contributed by atoms with E-state index in [-0.39, 0.29) is 5.92 Å². The van der Waals surface area contributed by atoms with Gasteiger partial charge in [0.25, 0.3) is 0 Å². The Morgan fingerprint density at radius 3 is 3.00 bits per heavy atom. The molecule has 1 saturated heterocycles. The maximum atomic E-state index is 12.1. The van der Waals surface area contributed by atoms with Gasteiger partial charge >= 0.3 is 5.97 Å². The van der Waals surface area contributed by atoms with Gasteiger partial charge in [-0.05, 0) is 73.0 Å². The molecule has 0 aliphatic carbocycles. The summed E-state index contributed by atoms with van der Waals surface area (Å²) < 4.78 is 6.63. The Bertz CT molecular complexity index is 1110. The molecule has 3 aromatic rings. The molecule has 0 radical (unpaired) electrons. The first kappa shape index (κ1) is 24.6. The molecule has 7 nitrogen and oxygen atoms in total. The fraction of sp³-hybridized carbons (Fsp3) is 0.440. The summed E-state index contributed by atoms with van der Waals surface area (Å²) in [5.41, 5.74) is 1.60. The number of hydrogen-bond donors (Lipinski definition) is 1. The minimum absolute atomic E-state index is 0.0330. The number of piperidine rings is 1. The zero-order valence-corrected chi connectivity index (χ0v) is 20.8. The molecule has 2 aromatic heterocycles. The van der Waals surface area contributed by atoms with E-state index in [2.05, 4.69) is 26.5 Å². The van der Waals surface area contributed by atoms with Crippen LogP contribution in [0.3, 0.4) is 0 Å². The highest BCUT2D eigenvalue weighted by atomic mass is 32.2. The van der Waals surface area contributed by atoms with Gasteiger partial charge in [0, 0.05) is 30.4 Å². The molecule has 3 atom stereocenters. The van der Waals surface area contributed by atoms with Crippen molar-refractivity contribution in [3.05, 3.63) is 58.4 Å². The molecule has 0 amide bonds. The van der Waals surface area contributed by atoms with Crippen LogP contribution in [-0.2, 0) is 4.79 Å². The molecule has 0 saturated carbocycles. The van der Waals surface area contributed by atoms with Gasteiger partial charge in [-0.15, -0.1) is 23.1 Å². The number of carbonyl (C=O) groups is 1. The van der Waals surface area contributed by atoms with E-state index in [0.717, 1.165) is 41.7 Å². The smallest absolute Gasteiger partial charge is 0.308 e. The second-order valence-electron chi connectivity index (χ2n) is 8.56. The highest BCUT2D eigenvalue weighted by Crippen LogP contribution is 2.35. The lowest BCUT2D eigenvalue weighted by Crippen LogP contribution is -2.44. The number of ether oxygens (including phenoxy) is 1. The molecule has 4 rings (SSSR count). The van der Waals surface area contributed by atoms with E-state index in [4.69, 9.17) is 4.74 Å². The summed E-state index contributed by atoms with van der Waals surface area (Å²) in [4.78, 5) is 30.5. The Kier molecular flexibility index (Phi) is 8.53. The molecule has 180 valence electrons. The number of nitroso groups, excluding NO2 is 1. The Morgan fingerprint density at radius 2 is 2.26 bits per heavy atom. The maximum absolute atomic E-state index is 12.1. The largest absolute Gasteiger partial charge is 0.497 e. The highest BCUT2D eigenvalue weighted by Gasteiger charge is 2.34. The first-order valence-electron chi connectivity index (χ1n) is 11.5. The SMILES string of the molecule is COc1ccc2nccc(C(CC[C@@H]3CCN(CCSc4cccs4)C[C@@H]3C(=O)O)N=O)c2c1. The average molecular weight is 500 g/mol. The highest BCUT2D eigenvalue weighted by molar-refractivity contribution is 8.01. The van der Waals surface area contributed by atoms with Crippen molar-refractivity contribution >= 4 is 40.0 Å². The lowest BCUT2D eigenvalue weighted by Gasteiger charge is -2.36. The van der Waals surface area contributed by atoms with Gasteiger partial charge in [-0.25, -0.2) is 0 Å². The van der Waals surface area contributed by atoms with Crippen LogP contribution < -0.4 is 4.74 Å². The van der Waals surface area contributed by atoms with E-state index in [1.54, 1.807) is 24.6 Å². The zero-order chi connectivity index (χ0) is 23.9. The van der Waals surface area contributed by atoms with Crippen molar-refractivity contribution in [2.75, 3.05) is 32.5 Å². The fourth-order valence-corrected chi connectivity index (χ4v) is 6.58. The van der Waals surface area contributed by atoms with Crippen LogP contribution in [0.15, 0.2) is 57.4 Å². The number of fused-ring (bicyclic) bond motifs is 1. The second kappa shape index (κ2) is 11.8. The van der Waals surface area contributed by atoms with E-state index in [1.807, 2.05) is 42.1 Å². The van der Waals surface area contributed by atoms with Crippen LogP contribution in [0.2, 0.25) is 0 Å². The van der Waals surface area contributed by atoms with Crippen LogP contribution in [0.1, 0.15) is 30.9 Å². The van der Waals surface area contributed by atoms with Crippen molar-refractivity contribution in [3.8, 4) is 5.75 Å². The quantitative estimate of drug-likeness (QED) is 0.267. The Labute approximate surface area is 207 Å². The Hall–Kier alpha value is -2.49. The number of likely N-dealkylation sites (tertiary alicyclic amines) is 1. The number of hydrogen-bond acceptors (Lipinski definition) is 8. The predicted octanol–water partition coefficient (Wildman–Crippen LogP) is 5.71. The summed E-state index contributed by atoms with van der Waals surface area (Å²) in [5.74, 6) is 0.498. The van der Waals surface area contributed by atoms with Gasteiger partial charge in [-0.3, -0.25) is 9.78 Å². The van der Waals surface area contributed by atoms with E-state index in [0.29, 0.717) is 25.1 Å². The van der Waals surface area contributed by atoms with Crippen molar-refractivity contribution in [2.24, 2.45) is 17.0 Å². The third kappa shape index (κ3) is 5.95. The number of carboxylic acids is 1. The standard InChI is InChI=1S/C25H29N3O4S2/c1-32-18-5-7-22-20(15-18)19(8-10-26-22)23(27-31)6-4-17-9-11-28(16-21(17)25(29)30)12-14-34-24-3-2-13-33-24/h2-3,5,7-8,10,13,15,17,21,23H,4,6,9,11-12,14,16H2,1H3,(H,29,30)/t17-,21+,23?/m1/s1. The van der Waals surface area contributed by atoms with Crippen molar-refractivity contribution in [1.29, 1.82) is 0 Å². The molecule has 0 spiro atoms. The van der Waals surface area contributed by atoms with E-state index in [9.17, 15) is 14.8 Å². The minimum Gasteiger partial charge on any atom is -0.497 e. The average Bonchev–Trinajstić information content (AvgIpc) is 3.38. The first-order valence-corrected chi connectivity index (χ1v) is 13.3. The molecule has 1 fully saturated rings. The molecule has 1 aliphatic heterocycles. The number of carboxylic acid groups (broad SMARTS) is 1. The lowest BCUT2D eigenvalue weighted by atomic mass is 9.81. The van der Waals surface area contributed by atoms with Crippen molar-refractivity contribution in [2.45, 2.75) is 29.5 Å². The zero-order valence-electron chi connectivity index (χ0n) is 19.1. The van der Waals surface area contributed by atoms with E-state index >= 15 is 0 Å². The summed E-state index contributed by atoms with van der Waals surface area (Å²) in [6.07, 6.45) is 3.67. The van der Waals surface area contributed by atoms with Gasteiger partial charge < -0.3 is 14.7 Å². The third-order valence-corrected chi connectivity index (χ3v) is 8.69. The van der Waals surface area contributed by atoms with Crippen molar-refractivity contribution < 1.29 is 14.6 Å². The number of pyridine rings is 1. The van der Waals surface area contributed by atoms with Crippen LogP contribution in [0.25, 0.3) is 10.9 Å². The van der Waals surface area contributed by atoms with Gasteiger partial charge in [-0.2, -0.15) is 4.91 Å². The third-order valence-electron chi connectivity index (χ3n) is 6.58. The lowest BCUT2D eigenvalue weighted by molar-refractivity contribution is -0.146. The fourth-order valence-electron chi connectivity index (χ4n) is 4.72. The Morgan fingerprint density at radius 1 is 1.38 bits per heavy atom. The number of rotatable bonds is 11. The van der Waals surface area contributed by atoms with Crippen LogP contribution in [-0.4, -0.2) is 53.5 Å². The van der Waals surface area contributed by atoms with Crippen molar-refractivity contribution in [1.82, 2.24) is 9.88 Å². The van der Waals surface area contributed by atoms with Crippen molar-refractivity contribution in [3.63, 3.8) is 0 Å². The van der Waals surface area contributed by atoms with Crippen LogP contribution in [0.5, 0.6) is 5.75 Å². The number of nitrogens with zero attached hydrogens (tertiary/aromatic N) is 3. The summed E-state index contributed by atoms with van der Waals surface area (Å²) >= 11 is 3.55. The van der Waals surface area contributed by atoms with Gasteiger partial charge in [0.15, 0.2) is 0 Å². The summed E-state index contributed by atoms with van der Waals surface area (Å²) in [6, 6.07) is 11.0. The number of aromatic nitrogens is 1. The second-order valence-corrected chi connectivity index (χ2v) is 10.9. The molecule has 1 unspecified atom stereocenters. The monoisotopic (exact) mass is 499 g/mol. The number of thiophene rings is 1. The molecule has 3 heterocycles. The molecule has 1 aromatic carbocycles. The van der Waals surface area contributed by atoms with Gasteiger partial charge in [0.1, 0.15) is 11.8 Å². The first-order chi connectivity index (χ1) is 16.6. The molecule has 0 bridgehead atoms. The molecule has 34 heavy (non-hydrogen) atoms. The van der Waals surface area contributed by atoms with E-state index < -0.39 is 17.9 Å². The van der Waals surface area contributed by atoms with Crippen LogP contribution >= 0.6 is 23.1 Å². The van der Waals surface area contributed by atoms with Gasteiger partial charge in [0.05, 0.1) is 22.8 Å². The molecule has 1 N–H and O–H groups in total. The molecule has 1 aliphatic rings. The maximum Gasteiger partial charge on any atom is 0.308 e.